The number of benzene rings is 1. The van der Waals surface area contributed by atoms with Crippen LogP contribution in [0.3, 0.4) is 0 Å². The van der Waals surface area contributed by atoms with E-state index in [1.54, 1.807) is 12.1 Å². The largest absolute Gasteiger partial charge is 0.389 e. The summed E-state index contributed by atoms with van der Waals surface area (Å²) in [4.78, 5) is 0. The molecule has 0 aliphatic carbocycles. The van der Waals surface area contributed by atoms with Gasteiger partial charge in [-0.1, -0.05) is 6.07 Å². The quantitative estimate of drug-likeness (QED) is 0.856. The topological polar surface area (TPSA) is 55.5 Å². The maximum atomic E-state index is 12.9. The van der Waals surface area contributed by atoms with E-state index < -0.39 is 6.10 Å². The maximum Gasteiger partial charge on any atom is 0.137 e. The molecule has 0 amide bonds. The molecule has 0 heterocycles. The molecule has 0 saturated heterocycles. The van der Waals surface area contributed by atoms with Crippen LogP contribution in [0, 0.1) is 5.82 Å². The van der Waals surface area contributed by atoms with Crippen molar-refractivity contribution in [1.82, 2.24) is 0 Å². The molecule has 0 aliphatic rings. The first-order chi connectivity index (χ1) is 7.13. The number of aliphatic hydroxyl groups excluding tert-OH is 1. The van der Waals surface area contributed by atoms with Crippen molar-refractivity contribution in [1.29, 1.82) is 0 Å². The Hall–Kier alpha value is -0.490. The highest BCUT2D eigenvalue weighted by molar-refractivity contribution is 9.10. The minimum Gasteiger partial charge on any atom is -0.389 e. The molecular weight excluding hydrogens is 265 g/mol. The van der Waals surface area contributed by atoms with Gasteiger partial charge in [-0.2, -0.15) is 0 Å². The fourth-order valence-electron chi connectivity index (χ4n) is 1.01. The van der Waals surface area contributed by atoms with Crippen molar-refractivity contribution in [2.24, 2.45) is 5.73 Å². The van der Waals surface area contributed by atoms with Gasteiger partial charge in [-0.3, -0.25) is 0 Å². The number of hydrogen-bond donors (Lipinski definition) is 2. The van der Waals surface area contributed by atoms with Crippen LogP contribution in [0.15, 0.2) is 22.7 Å². The Morgan fingerprint density at radius 2 is 2.27 bits per heavy atom. The molecule has 3 N–H and O–H groups in total. The first-order valence-electron chi connectivity index (χ1n) is 4.53. The SMILES string of the molecule is NC[C@H](O)COCc1ccc(F)c(Br)c1. The molecule has 0 spiro atoms. The lowest BCUT2D eigenvalue weighted by Gasteiger charge is -2.08. The monoisotopic (exact) mass is 277 g/mol. The minimum atomic E-state index is -0.645. The van der Waals surface area contributed by atoms with Crippen LogP contribution in [0.1, 0.15) is 5.56 Å². The second kappa shape index (κ2) is 6.17. The van der Waals surface area contributed by atoms with Gasteiger partial charge in [-0.25, -0.2) is 4.39 Å². The summed E-state index contributed by atoms with van der Waals surface area (Å²) in [7, 11) is 0. The lowest BCUT2D eigenvalue weighted by Crippen LogP contribution is -2.24. The molecule has 1 aromatic rings. The van der Waals surface area contributed by atoms with Crippen molar-refractivity contribution in [3.63, 3.8) is 0 Å². The summed E-state index contributed by atoms with van der Waals surface area (Å²) in [5.41, 5.74) is 6.05. The molecule has 84 valence electrons. The predicted molar refractivity (Wildman–Crippen MR) is 58.8 cm³/mol. The molecule has 0 unspecified atom stereocenters. The van der Waals surface area contributed by atoms with Gasteiger partial charge < -0.3 is 15.6 Å². The Morgan fingerprint density at radius 1 is 1.53 bits per heavy atom. The van der Waals surface area contributed by atoms with E-state index in [0.717, 1.165) is 5.56 Å². The normalized spacial score (nSPS) is 12.8. The van der Waals surface area contributed by atoms with Crippen molar-refractivity contribution < 1.29 is 14.2 Å². The fraction of sp³-hybridized carbons (Fsp3) is 0.400. The number of rotatable bonds is 5. The first kappa shape index (κ1) is 12.6. The van der Waals surface area contributed by atoms with Crippen LogP contribution >= 0.6 is 15.9 Å². The van der Waals surface area contributed by atoms with Gasteiger partial charge >= 0.3 is 0 Å². The van der Waals surface area contributed by atoms with E-state index in [1.807, 2.05) is 0 Å². The summed E-state index contributed by atoms with van der Waals surface area (Å²) >= 11 is 3.08. The highest BCUT2D eigenvalue weighted by atomic mass is 79.9. The van der Waals surface area contributed by atoms with E-state index in [-0.39, 0.29) is 19.0 Å². The smallest absolute Gasteiger partial charge is 0.137 e. The molecule has 1 atom stereocenters. The van der Waals surface area contributed by atoms with Crippen molar-refractivity contribution in [3.8, 4) is 0 Å². The van der Waals surface area contributed by atoms with Crippen LogP contribution in [-0.2, 0) is 11.3 Å². The number of halogens is 2. The van der Waals surface area contributed by atoms with E-state index in [2.05, 4.69) is 15.9 Å². The molecule has 5 heteroatoms. The van der Waals surface area contributed by atoms with E-state index in [9.17, 15) is 4.39 Å². The molecule has 1 aromatic carbocycles. The Kier molecular flexibility index (Phi) is 5.17. The second-order valence-electron chi connectivity index (χ2n) is 3.15. The van der Waals surface area contributed by atoms with Crippen LogP contribution in [0.4, 0.5) is 4.39 Å². The summed E-state index contributed by atoms with van der Waals surface area (Å²) in [6.07, 6.45) is -0.645. The van der Waals surface area contributed by atoms with Gasteiger partial charge in [0.25, 0.3) is 0 Å². The molecule has 15 heavy (non-hydrogen) atoms. The van der Waals surface area contributed by atoms with Crippen LogP contribution in [0.2, 0.25) is 0 Å². The Bertz CT molecular complexity index is 322. The van der Waals surface area contributed by atoms with Crippen LogP contribution < -0.4 is 5.73 Å². The standard InChI is InChI=1S/C10H13BrFNO2/c11-9-3-7(1-2-10(9)12)5-15-6-8(14)4-13/h1-3,8,14H,4-6,13H2/t8-/m0/s1. The highest BCUT2D eigenvalue weighted by Gasteiger charge is 2.03. The van der Waals surface area contributed by atoms with Gasteiger partial charge in [0.05, 0.1) is 23.8 Å². The van der Waals surface area contributed by atoms with Gasteiger partial charge in [0.15, 0.2) is 0 Å². The van der Waals surface area contributed by atoms with E-state index >= 15 is 0 Å². The zero-order valence-corrected chi connectivity index (χ0v) is 9.71. The Labute approximate surface area is 96.2 Å². The second-order valence-corrected chi connectivity index (χ2v) is 4.01. The zero-order valence-electron chi connectivity index (χ0n) is 8.12. The van der Waals surface area contributed by atoms with E-state index in [0.29, 0.717) is 11.1 Å². The molecule has 3 nitrogen and oxygen atoms in total. The molecule has 1 rings (SSSR count). The summed E-state index contributed by atoms with van der Waals surface area (Å²) in [5, 5.41) is 9.12. The number of nitrogens with two attached hydrogens (primary N) is 1. The van der Waals surface area contributed by atoms with Gasteiger partial charge in [0.2, 0.25) is 0 Å². The van der Waals surface area contributed by atoms with Gasteiger partial charge in [-0.15, -0.1) is 0 Å². The predicted octanol–water partition coefficient (Wildman–Crippen LogP) is 1.42. The van der Waals surface area contributed by atoms with Crippen molar-refractivity contribution in [3.05, 3.63) is 34.1 Å². The molecule has 0 aromatic heterocycles. The maximum absolute atomic E-state index is 12.9. The highest BCUT2D eigenvalue weighted by Crippen LogP contribution is 2.17. The average molecular weight is 278 g/mol. The third-order valence-corrected chi connectivity index (χ3v) is 2.44. The molecule has 0 saturated carbocycles. The number of ether oxygens (including phenoxy) is 1. The minimum absolute atomic E-state index is 0.174. The van der Waals surface area contributed by atoms with E-state index in [4.69, 9.17) is 15.6 Å². The van der Waals surface area contributed by atoms with Crippen LogP contribution in [-0.4, -0.2) is 24.4 Å². The van der Waals surface area contributed by atoms with Crippen LogP contribution in [0.5, 0.6) is 0 Å². The molecule has 0 bridgehead atoms. The number of hydrogen-bond acceptors (Lipinski definition) is 3. The summed E-state index contributed by atoms with van der Waals surface area (Å²) < 4.78 is 18.5. The molecule has 0 radical (unpaired) electrons. The average Bonchev–Trinajstić information content (AvgIpc) is 2.23. The lowest BCUT2D eigenvalue weighted by atomic mass is 10.2. The van der Waals surface area contributed by atoms with Crippen molar-refractivity contribution in [2.45, 2.75) is 12.7 Å². The third kappa shape index (κ3) is 4.25. The van der Waals surface area contributed by atoms with E-state index in [1.165, 1.54) is 6.07 Å². The molecule has 0 fully saturated rings. The van der Waals surface area contributed by atoms with Gasteiger partial charge in [0, 0.05) is 6.54 Å². The van der Waals surface area contributed by atoms with Gasteiger partial charge in [-0.05, 0) is 33.6 Å². The third-order valence-electron chi connectivity index (χ3n) is 1.84. The van der Waals surface area contributed by atoms with Crippen molar-refractivity contribution >= 4 is 15.9 Å². The summed E-state index contributed by atoms with van der Waals surface area (Å²) in [6.45, 7) is 0.689. The lowest BCUT2D eigenvalue weighted by molar-refractivity contribution is 0.0329. The van der Waals surface area contributed by atoms with Crippen LogP contribution in [0.25, 0.3) is 0 Å². The fourth-order valence-corrected chi connectivity index (χ4v) is 1.44. The molecular formula is C10H13BrFNO2. The zero-order chi connectivity index (χ0) is 11.3. The first-order valence-corrected chi connectivity index (χ1v) is 5.32. The van der Waals surface area contributed by atoms with Gasteiger partial charge in [0.1, 0.15) is 5.82 Å². The molecule has 0 aliphatic heterocycles. The van der Waals surface area contributed by atoms with Crippen molar-refractivity contribution in [2.75, 3.05) is 13.2 Å². The Morgan fingerprint density at radius 3 is 2.87 bits per heavy atom. The summed E-state index contributed by atoms with van der Waals surface area (Å²) in [5.74, 6) is -0.305. The number of aliphatic hydroxyl groups is 1. The summed E-state index contributed by atoms with van der Waals surface area (Å²) in [6, 6.07) is 4.64. The Balaban J connectivity index is 2.41.